The summed E-state index contributed by atoms with van der Waals surface area (Å²) in [5.74, 6) is -0.168. The van der Waals surface area contributed by atoms with Crippen LogP contribution in [0.5, 0.6) is 5.75 Å². The molecule has 2 heterocycles. The van der Waals surface area contributed by atoms with Crippen molar-refractivity contribution in [1.82, 2.24) is 9.40 Å². The van der Waals surface area contributed by atoms with Crippen LogP contribution in [0.2, 0.25) is 0 Å². The highest BCUT2D eigenvalue weighted by Gasteiger charge is 2.32. The normalized spacial score (nSPS) is 16.3. The molecule has 1 aromatic heterocycles. The number of nitrogens with zero attached hydrogens (tertiary/aromatic N) is 2. The van der Waals surface area contributed by atoms with Gasteiger partial charge in [-0.15, -0.1) is 4.83 Å². The molecule has 152 valence electrons. The van der Waals surface area contributed by atoms with Crippen LogP contribution in [-0.2, 0) is 13.1 Å². The molecule has 4 rings (SSSR count). The number of hydrogen-bond acceptors (Lipinski definition) is 6. The maximum Gasteiger partial charge on any atom is 0.279 e. The third-order valence-corrected chi connectivity index (χ3v) is 6.76. The summed E-state index contributed by atoms with van der Waals surface area (Å²) in [6, 6.07) is 16.5. The molecule has 0 atom stereocenters. The highest BCUT2D eigenvalue weighted by atomic mass is 32.3. The number of aromatic nitrogens is 1. The number of pyridine rings is 1. The molecule has 2 aromatic carbocycles. The van der Waals surface area contributed by atoms with Gasteiger partial charge in [0.15, 0.2) is 11.4 Å². The second-order valence-electron chi connectivity index (χ2n) is 7.12. The smallest absolute Gasteiger partial charge is 0.279 e. The first-order valence-electron chi connectivity index (χ1n) is 9.17. The fourth-order valence-electron chi connectivity index (χ4n) is 3.57. The van der Waals surface area contributed by atoms with Crippen LogP contribution in [0.25, 0.3) is 0 Å². The van der Waals surface area contributed by atoms with E-state index in [2.05, 4.69) is 4.83 Å². The first kappa shape index (κ1) is 19.5. The molecule has 4 N–H and O–H groups in total. The number of aromatic hydroxyl groups is 1. The lowest BCUT2D eigenvalue weighted by Gasteiger charge is -2.44. The van der Waals surface area contributed by atoms with Crippen molar-refractivity contribution in [2.24, 2.45) is 0 Å². The highest BCUT2D eigenvalue weighted by Crippen LogP contribution is 2.50. The van der Waals surface area contributed by atoms with Gasteiger partial charge in [0.2, 0.25) is 0 Å². The van der Waals surface area contributed by atoms with Crippen molar-refractivity contribution in [2.75, 3.05) is 5.01 Å². The van der Waals surface area contributed by atoms with E-state index in [1.165, 1.54) is 5.01 Å². The Balaban J connectivity index is 1.84. The van der Waals surface area contributed by atoms with E-state index in [4.69, 9.17) is 0 Å². The standard InChI is InChI=1S/C21H23N3O4S/c1-14-15(2)23(12-16-8-4-3-5-9-16)21(26)19(20(14)25)24-13-17-10-6-7-11-18(17)29(27,28)22-24/h3-11,22,25,27-28H,12-13H2,1-2H3. The SMILES string of the molecule is Cc1c(O)c(N2Cc3ccccc3S(O)(O)N2)c(=O)n(Cc2ccccc2)c1C. The number of hydrazine groups is 1. The predicted octanol–water partition coefficient (Wildman–Crippen LogP) is 3.77. The van der Waals surface area contributed by atoms with E-state index < -0.39 is 16.3 Å². The van der Waals surface area contributed by atoms with Gasteiger partial charge < -0.3 is 9.67 Å². The molecule has 1 aliphatic heterocycles. The number of nitrogens with one attached hydrogen (secondary N) is 1. The Hall–Kier alpha value is -2.78. The Bertz CT molecular complexity index is 1130. The summed E-state index contributed by atoms with van der Waals surface area (Å²) in [7, 11) is -3.35. The predicted molar refractivity (Wildman–Crippen MR) is 114 cm³/mol. The maximum atomic E-state index is 13.4. The van der Waals surface area contributed by atoms with E-state index in [0.717, 1.165) is 5.56 Å². The summed E-state index contributed by atoms with van der Waals surface area (Å²) in [5.41, 5.74) is 2.44. The minimum absolute atomic E-state index is 0.00138. The summed E-state index contributed by atoms with van der Waals surface area (Å²) in [4.78, 5) is 16.4. The molecule has 1 aliphatic rings. The lowest BCUT2D eigenvalue weighted by molar-refractivity contribution is 0.444. The lowest BCUT2D eigenvalue weighted by Crippen LogP contribution is -2.46. The van der Waals surface area contributed by atoms with Crippen molar-refractivity contribution >= 4 is 16.5 Å². The third kappa shape index (κ3) is 3.40. The van der Waals surface area contributed by atoms with Gasteiger partial charge in [-0.25, -0.2) is 0 Å². The lowest BCUT2D eigenvalue weighted by atomic mass is 10.1. The first-order chi connectivity index (χ1) is 13.8. The monoisotopic (exact) mass is 413 g/mol. The van der Waals surface area contributed by atoms with E-state index in [0.29, 0.717) is 28.3 Å². The van der Waals surface area contributed by atoms with Gasteiger partial charge in [0.05, 0.1) is 18.0 Å². The van der Waals surface area contributed by atoms with Crippen LogP contribution in [0.4, 0.5) is 5.69 Å². The van der Waals surface area contributed by atoms with Crippen LogP contribution in [-0.4, -0.2) is 18.8 Å². The molecule has 0 saturated heterocycles. The van der Waals surface area contributed by atoms with Crippen molar-refractivity contribution in [3.8, 4) is 5.75 Å². The van der Waals surface area contributed by atoms with E-state index in [-0.39, 0.29) is 18.0 Å². The number of rotatable bonds is 3. The topological polar surface area (TPSA) is 98.0 Å². The fourth-order valence-corrected chi connectivity index (χ4v) is 4.90. The minimum Gasteiger partial charge on any atom is -0.505 e. The van der Waals surface area contributed by atoms with Crippen molar-refractivity contribution in [1.29, 1.82) is 0 Å². The molecular weight excluding hydrogens is 390 g/mol. The summed E-state index contributed by atoms with van der Waals surface area (Å²) in [6.07, 6.45) is 0. The van der Waals surface area contributed by atoms with Gasteiger partial charge in [-0.1, -0.05) is 59.3 Å². The molecule has 0 amide bonds. The Morgan fingerprint density at radius 3 is 2.41 bits per heavy atom. The highest BCUT2D eigenvalue weighted by molar-refractivity contribution is 8.22. The molecule has 7 nitrogen and oxygen atoms in total. The quantitative estimate of drug-likeness (QED) is 0.522. The molecule has 0 radical (unpaired) electrons. The van der Waals surface area contributed by atoms with Crippen molar-refractivity contribution in [3.05, 3.63) is 87.3 Å². The largest absolute Gasteiger partial charge is 0.505 e. The Kier molecular flexibility index (Phi) is 4.87. The second kappa shape index (κ2) is 7.23. The van der Waals surface area contributed by atoms with Gasteiger partial charge >= 0.3 is 0 Å². The zero-order valence-corrected chi connectivity index (χ0v) is 17.0. The van der Waals surface area contributed by atoms with Crippen LogP contribution in [0, 0.1) is 13.8 Å². The average Bonchev–Trinajstić information content (AvgIpc) is 2.70. The Labute approximate surface area is 170 Å². The molecule has 0 saturated carbocycles. The minimum atomic E-state index is -3.35. The van der Waals surface area contributed by atoms with Gasteiger partial charge in [0.25, 0.3) is 5.56 Å². The van der Waals surface area contributed by atoms with Crippen molar-refractivity contribution < 1.29 is 14.2 Å². The maximum absolute atomic E-state index is 13.4. The van der Waals surface area contributed by atoms with Crippen LogP contribution < -0.4 is 15.4 Å². The zero-order valence-electron chi connectivity index (χ0n) is 16.2. The van der Waals surface area contributed by atoms with Crippen molar-refractivity contribution in [2.45, 2.75) is 31.8 Å². The molecule has 8 heteroatoms. The van der Waals surface area contributed by atoms with Crippen LogP contribution in [0.3, 0.4) is 0 Å². The number of benzene rings is 2. The third-order valence-electron chi connectivity index (χ3n) is 5.27. The van der Waals surface area contributed by atoms with Gasteiger partial charge in [-0.3, -0.25) is 18.9 Å². The summed E-state index contributed by atoms with van der Waals surface area (Å²) in [5, 5.41) is 12.1. The molecule has 29 heavy (non-hydrogen) atoms. The second-order valence-corrected chi connectivity index (χ2v) is 8.84. The van der Waals surface area contributed by atoms with Crippen LogP contribution >= 0.6 is 10.8 Å². The number of hydrogen-bond donors (Lipinski definition) is 4. The zero-order chi connectivity index (χ0) is 20.8. The van der Waals surface area contributed by atoms with E-state index in [1.54, 1.807) is 42.7 Å². The van der Waals surface area contributed by atoms with E-state index >= 15 is 0 Å². The van der Waals surface area contributed by atoms with Gasteiger partial charge in [0, 0.05) is 11.3 Å². The molecular formula is C21H23N3O4S. The van der Waals surface area contributed by atoms with Crippen LogP contribution in [0.15, 0.2) is 64.3 Å². The van der Waals surface area contributed by atoms with E-state index in [1.807, 2.05) is 30.3 Å². The summed E-state index contributed by atoms with van der Waals surface area (Å²) in [6.45, 7) is 4.09. The fraction of sp³-hybridized carbons (Fsp3) is 0.190. The summed E-state index contributed by atoms with van der Waals surface area (Å²) < 4.78 is 22.7. The van der Waals surface area contributed by atoms with Crippen LogP contribution in [0.1, 0.15) is 22.4 Å². The van der Waals surface area contributed by atoms with Gasteiger partial charge in [0.1, 0.15) is 0 Å². The molecule has 0 unspecified atom stereocenters. The number of anilines is 1. The van der Waals surface area contributed by atoms with Gasteiger partial charge in [-0.2, -0.15) is 0 Å². The molecule has 0 aliphatic carbocycles. The van der Waals surface area contributed by atoms with Gasteiger partial charge in [-0.05, 0) is 31.0 Å². The van der Waals surface area contributed by atoms with E-state index in [9.17, 15) is 19.0 Å². The average molecular weight is 413 g/mol. The van der Waals surface area contributed by atoms with Crippen molar-refractivity contribution in [3.63, 3.8) is 0 Å². The first-order valence-corrected chi connectivity index (χ1v) is 10.7. The molecule has 0 fully saturated rings. The molecule has 3 aromatic rings. The molecule has 0 bridgehead atoms. The summed E-state index contributed by atoms with van der Waals surface area (Å²) >= 11 is 0. The molecule has 0 spiro atoms. The number of fused-ring (bicyclic) bond motifs is 1. The Morgan fingerprint density at radius 2 is 1.69 bits per heavy atom. The Morgan fingerprint density at radius 1 is 1.03 bits per heavy atom.